The predicted molar refractivity (Wildman–Crippen MR) is 134 cm³/mol. The fourth-order valence-corrected chi connectivity index (χ4v) is 4.48. The molecule has 8 nitrogen and oxygen atoms in total. The highest BCUT2D eigenvalue weighted by atomic mass is 19.1. The van der Waals surface area contributed by atoms with E-state index in [4.69, 9.17) is 18.9 Å². The average Bonchev–Trinajstić information content (AvgIpc) is 3.60. The second-order valence-corrected chi connectivity index (χ2v) is 9.13. The maximum atomic E-state index is 14.5. The Morgan fingerprint density at radius 1 is 1.14 bits per heavy atom. The molecule has 3 heterocycles. The summed E-state index contributed by atoms with van der Waals surface area (Å²) in [5, 5.41) is 2.91. The molecule has 2 aliphatic heterocycles. The number of pyridine rings is 1. The number of hydrogen-bond donors (Lipinski definition) is 1. The molecule has 1 aromatic heterocycles. The molecule has 0 radical (unpaired) electrons. The van der Waals surface area contributed by atoms with E-state index in [2.05, 4.69) is 15.2 Å². The van der Waals surface area contributed by atoms with E-state index in [9.17, 15) is 9.18 Å². The van der Waals surface area contributed by atoms with Gasteiger partial charge in [0, 0.05) is 45.2 Å². The van der Waals surface area contributed by atoms with E-state index in [1.165, 1.54) is 12.1 Å². The SMILES string of the molecule is O=C(NCc1cccnc1)C(CN(Cc1ccc2c(c1)OCO2)CC1CCCO1)Oc1ccccc1F. The molecule has 37 heavy (non-hydrogen) atoms. The van der Waals surface area contributed by atoms with Crippen LogP contribution in [0.4, 0.5) is 4.39 Å². The van der Waals surface area contributed by atoms with Gasteiger partial charge in [-0.05, 0) is 54.3 Å². The quantitative estimate of drug-likeness (QED) is 0.424. The van der Waals surface area contributed by atoms with Crippen LogP contribution < -0.4 is 19.5 Å². The zero-order valence-electron chi connectivity index (χ0n) is 20.5. The van der Waals surface area contributed by atoms with Gasteiger partial charge in [0.25, 0.3) is 5.91 Å². The van der Waals surface area contributed by atoms with Crippen LogP contribution in [0.25, 0.3) is 0 Å². The molecule has 0 spiro atoms. The molecule has 9 heteroatoms. The minimum absolute atomic E-state index is 0.0316. The van der Waals surface area contributed by atoms with Gasteiger partial charge in [0.05, 0.1) is 6.10 Å². The van der Waals surface area contributed by atoms with Crippen molar-refractivity contribution < 1.29 is 28.1 Å². The second-order valence-electron chi connectivity index (χ2n) is 9.13. The molecular formula is C28H30FN3O5. The maximum Gasteiger partial charge on any atom is 0.262 e. The molecule has 2 aliphatic rings. The van der Waals surface area contributed by atoms with Gasteiger partial charge in [0.15, 0.2) is 29.2 Å². The molecular weight excluding hydrogens is 477 g/mol. The highest BCUT2D eigenvalue weighted by Gasteiger charge is 2.28. The number of nitrogens with one attached hydrogen (secondary N) is 1. The van der Waals surface area contributed by atoms with Gasteiger partial charge in [-0.1, -0.05) is 24.3 Å². The number of nitrogens with zero attached hydrogens (tertiary/aromatic N) is 2. The van der Waals surface area contributed by atoms with Gasteiger partial charge in [-0.15, -0.1) is 0 Å². The third-order valence-electron chi connectivity index (χ3n) is 6.34. The van der Waals surface area contributed by atoms with E-state index in [-0.39, 0.29) is 37.6 Å². The highest BCUT2D eigenvalue weighted by molar-refractivity contribution is 5.81. The van der Waals surface area contributed by atoms with Gasteiger partial charge in [0.2, 0.25) is 6.79 Å². The zero-order valence-corrected chi connectivity index (χ0v) is 20.5. The highest BCUT2D eigenvalue weighted by Crippen LogP contribution is 2.33. The number of hydrogen-bond acceptors (Lipinski definition) is 7. The molecule has 1 N–H and O–H groups in total. The van der Waals surface area contributed by atoms with Crippen LogP contribution in [0, 0.1) is 5.82 Å². The summed E-state index contributed by atoms with van der Waals surface area (Å²) in [5.41, 5.74) is 1.86. The molecule has 194 valence electrons. The summed E-state index contributed by atoms with van der Waals surface area (Å²) < 4.78 is 37.3. The summed E-state index contributed by atoms with van der Waals surface area (Å²) in [6.45, 7) is 2.60. The molecule has 3 aromatic rings. The molecule has 0 bridgehead atoms. The third kappa shape index (κ3) is 6.75. The van der Waals surface area contributed by atoms with Crippen molar-refractivity contribution in [3.63, 3.8) is 0 Å². The van der Waals surface area contributed by atoms with Crippen molar-refractivity contribution in [1.82, 2.24) is 15.2 Å². The standard InChI is InChI=1S/C28H30FN3O5/c29-23-7-1-2-8-24(23)37-27(28(33)31-15-21-5-3-11-30-14-21)18-32(17-22-6-4-12-34-22)16-20-9-10-25-26(13-20)36-19-35-25/h1-3,5,7-11,13-14,22,27H,4,6,12,15-19H2,(H,31,33). The Bertz CT molecular complexity index is 1190. The van der Waals surface area contributed by atoms with E-state index in [0.29, 0.717) is 24.6 Å². The lowest BCUT2D eigenvalue weighted by molar-refractivity contribution is -0.129. The zero-order chi connectivity index (χ0) is 25.5. The van der Waals surface area contributed by atoms with Crippen molar-refractivity contribution in [3.8, 4) is 17.2 Å². The summed E-state index contributed by atoms with van der Waals surface area (Å²) >= 11 is 0. The number of para-hydroxylation sites is 1. The van der Waals surface area contributed by atoms with Crippen LogP contribution in [0.2, 0.25) is 0 Å². The topological polar surface area (TPSA) is 82.2 Å². The number of aromatic nitrogens is 1. The molecule has 1 fully saturated rings. The number of halogens is 1. The minimum Gasteiger partial charge on any atom is -0.476 e. The van der Waals surface area contributed by atoms with Gasteiger partial charge in [-0.2, -0.15) is 0 Å². The van der Waals surface area contributed by atoms with Crippen molar-refractivity contribution in [2.45, 2.75) is 38.1 Å². The van der Waals surface area contributed by atoms with Crippen molar-refractivity contribution in [3.05, 3.63) is 83.9 Å². The number of carbonyl (C=O) groups excluding carboxylic acids is 1. The van der Waals surface area contributed by atoms with Gasteiger partial charge in [-0.3, -0.25) is 14.7 Å². The van der Waals surface area contributed by atoms with Crippen molar-refractivity contribution in [2.75, 3.05) is 26.5 Å². The normalized spacial score (nSPS) is 17.1. The first-order valence-corrected chi connectivity index (χ1v) is 12.4. The van der Waals surface area contributed by atoms with Crippen LogP contribution in [0.1, 0.15) is 24.0 Å². The fourth-order valence-electron chi connectivity index (χ4n) is 4.48. The Morgan fingerprint density at radius 3 is 2.84 bits per heavy atom. The summed E-state index contributed by atoms with van der Waals surface area (Å²) in [4.78, 5) is 19.5. The Balaban J connectivity index is 1.34. The van der Waals surface area contributed by atoms with Crippen LogP contribution in [-0.4, -0.2) is 54.5 Å². The molecule has 2 aromatic carbocycles. The van der Waals surface area contributed by atoms with Gasteiger partial charge < -0.3 is 24.3 Å². The van der Waals surface area contributed by atoms with E-state index in [1.54, 1.807) is 24.5 Å². The van der Waals surface area contributed by atoms with Crippen molar-refractivity contribution >= 4 is 5.91 Å². The number of fused-ring (bicyclic) bond motifs is 1. The summed E-state index contributed by atoms with van der Waals surface area (Å²) in [6, 6.07) is 15.6. The Kier molecular flexibility index (Phi) is 8.12. The lowest BCUT2D eigenvalue weighted by Crippen LogP contribution is -2.47. The smallest absolute Gasteiger partial charge is 0.262 e. The maximum absolute atomic E-state index is 14.5. The predicted octanol–water partition coefficient (Wildman–Crippen LogP) is 3.69. The number of carbonyl (C=O) groups is 1. The molecule has 0 aliphatic carbocycles. The van der Waals surface area contributed by atoms with E-state index >= 15 is 0 Å². The van der Waals surface area contributed by atoms with Crippen LogP contribution in [0.15, 0.2) is 67.0 Å². The van der Waals surface area contributed by atoms with Crippen LogP contribution in [-0.2, 0) is 22.6 Å². The molecule has 2 unspecified atom stereocenters. The molecule has 1 amide bonds. The minimum atomic E-state index is -0.955. The first-order chi connectivity index (χ1) is 18.1. The monoisotopic (exact) mass is 507 g/mol. The molecule has 2 atom stereocenters. The molecule has 1 saturated heterocycles. The number of amides is 1. The lowest BCUT2D eigenvalue weighted by Gasteiger charge is -2.29. The number of rotatable bonds is 11. The van der Waals surface area contributed by atoms with Crippen LogP contribution >= 0.6 is 0 Å². The summed E-state index contributed by atoms with van der Waals surface area (Å²) in [6.07, 6.45) is 4.42. The van der Waals surface area contributed by atoms with Crippen molar-refractivity contribution in [2.24, 2.45) is 0 Å². The van der Waals surface area contributed by atoms with Crippen LogP contribution in [0.5, 0.6) is 17.2 Å². The number of benzene rings is 2. The average molecular weight is 508 g/mol. The Morgan fingerprint density at radius 2 is 2.03 bits per heavy atom. The van der Waals surface area contributed by atoms with E-state index in [0.717, 1.165) is 30.6 Å². The van der Waals surface area contributed by atoms with Gasteiger partial charge in [0.1, 0.15) is 0 Å². The van der Waals surface area contributed by atoms with E-state index < -0.39 is 11.9 Å². The summed E-state index contributed by atoms with van der Waals surface area (Å²) in [5.74, 6) is 0.584. The molecule has 5 rings (SSSR count). The van der Waals surface area contributed by atoms with Crippen LogP contribution in [0.3, 0.4) is 0 Å². The Labute approximate surface area is 215 Å². The van der Waals surface area contributed by atoms with Crippen molar-refractivity contribution in [1.29, 1.82) is 0 Å². The largest absolute Gasteiger partial charge is 0.476 e. The van der Waals surface area contributed by atoms with Gasteiger partial charge in [-0.25, -0.2) is 4.39 Å². The first-order valence-electron chi connectivity index (χ1n) is 12.4. The van der Waals surface area contributed by atoms with E-state index in [1.807, 2.05) is 30.3 Å². The summed E-state index contributed by atoms with van der Waals surface area (Å²) in [7, 11) is 0. The fraction of sp³-hybridized carbons (Fsp3) is 0.357. The lowest BCUT2D eigenvalue weighted by atomic mass is 10.1. The third-order valence-corrected chi connectivity index (χ3v) is 6.34. The Hall–Kier alpha value is -3.69. The first kappa shape index (κ1) is 25.0. The second kappa shape index (κ2) is 12.0. The van der Waals surface area contributed by atoms with Gasteiger partial charge >= 0.3 is 0 Å². The number of ether oxygens (including phenoxy) is 4. The molecule has 0 saturated carbocycles.